The molecule has 2 unspecified atom stereocenters. The van der Waals surface area contributed by atoms with E-state index in [0.29, 0.717) is 66.8 Å². The average Bonchev–Trinajstić information content (AvgIpc) is 3.19. The summed E-state index contributed by atoms with van der Waals surface area (Å²) in [5.41, 5.74) is 3.08. The van der Waals surface area contributed by atoms with Crippen LogP contribution in [0.4, 0.5) is 0 Å². The van der Waals surface area contributed by atoms with Gasteiger partial charge in [0.15, 0.2) is 11.6 Å². The number of hydrogen-bond donors (Lipinski definition) is 1. The highest BCUT2D eigenvalue weighted by Crippen LogP contribution is 2.37. The topological polar surface area (TPSA) is 92.8 Å². The first-order valence-corrected chi connectivity index (χ1v) is 12.3. The summed E-state index contributed by atoms with van der Waals surface area (Å²) >= 11 is 0. The van der Waals surface area contributed by atoms with E-state index in [9.17, 15) is 14.7 Å². The van der Waals surface area contributed by atoms with Crippen LogP contribution in [0.2, 0.25) is 0 Å². The molecule has 34 heavy (non-hydrogen) atoms. The minimum atomic E-state index is -0.134. The number of aryl methyl sites for hydroxylation is 1. The minimum Gasteiger partial charge on any atom is -0.511 e. The number of carbonyl (C=O) groups excluding carboxylic acids is 2. The van der Waals surface area contributed by atoms with Gasteiger partial charge >= 0.3 is 0 Å². The molecule has 0 radical (unpaired) electrons. The van der Waals surface area contributed by atoms with E-state index in [-0.39, 0.29) is 34.7 Å². The number of rotatable bonds is 7. The molecular formula is C28H34N2O4. The summed E-state index contributed by atoms with van der Waals surface area (Å²) in [6.45, 7) is 8.16. The van der Waals surface area contributed by atoms with Crippen molar-refractivity contribution in [2.75, 3.05) is 0 Å². The largest absolute Gasteiger partial charge is 0.511 e. The van der Waals surface area contributed by atoms with Crippen LogP contribution in [0.1, 0.15) is 93.1 Å². The molecule has 2 aliphatic carbocycles. The van der Waals surface area contributed by atoms with Crippen LogP contribution in [0.3, 0.4) is 0 Å². The molecule has 6 heteroatoms. The first-order chi connectivity index (χ1) is 16.2. The zero-order valence-corrected chi connectivity index (χ0v) is 20.6. The van der Waals surface area contributed by atoms with E-state index in [4.69, 9.17) is 9.52 Å². The number of fused-ring (bicyclic) bond motifs is 1. The zero-order valence-electron chi connectivity index (χ0n) is 20.6. The highest BCUT2D eigenvalue weighted by molar-refractivity contribution is 6.23. The summed E-state index contributed by atoms with van der Waals surface area (Å²) in [5.74, 6) is 0.695. The first-order valence-electron chi connectivity index (χ1n) is 12.3. The number of allylic oxidation sites excluding steroid dienone is 2. The molecule has 1 aromatic carbocycles. The van der Waals surface area contributed by atoms with Crippen molar-refractivity contribution in [3.8, 4) is 0 Å². The number of aromatic nitrogens is 1. The molecule has 4 rings (SSSR count). The van der Waals surface area contributed by atoms with Crippen LogP contribution in [0.15, 0.2) is 51.2 Å². The van der Waals surface area contributed by atoms with Gasteiger partial charge in [0.25, 0.3) is 0 Å². The molecule has 1 heterocycles. The fourth-order valence-electron chi connectivity index (χ4n) is 5.02. The molecule has 0 amide bonds. The Balaban J connectivity index is 1.59. The summed E-state index contributed by atoms with van der Waals surface area (Å²) in [6.07, 6.45) is 3.58. The van der Waals surface area contributed by atoms with Crippen molar-refractivity contribution in [3.63, 3.8) is 0 Å². The Labute approximate surface area is 201 Å². The fraction of sp³-hybridized carbons (Fsp3) is 0.500. The molecule has 0 saturated heterocycles. The van der Waals surface area contributed by atoms with Gasteiger partial charge < -0.3 is 9.63 Å². The van der Waals surface area contributed by atoms with Crippen molar-refractivity contribution in [1.82, 2.24) is 5.16 Å². The molecule has 0 aliphatic heterocycles. The Morgan fingerprint density at radius 1 is 1.18 bits per heavy atom. The quantitative estimate of drug-likeness (QED) is 0.513. The standard InChI is InChI=1S/C28H34N2O4/c1-5-17(2)29-20(11-12-21-27-24(33)15-28(3,4)16-25(27)34-30-21)26-22(31)13-19(14-23(26)32)18-9-7-6-8-10-18/h6-10,17,19,31H,5,11-16H2,1-4H3. The van der Waals surface area contributed by atoms with Crippen molar-refractivity contribution < 1.29 is 19.2 Å². The van der Waals surface area contributed by atoms with E-state index in [2.05, 4.69) is 19.0 Å². The van der Waals surface area contributed by atoms with E-state index in [1.807, 2.05) is 44.2 Å². The van der Waals surface area contributed by atoms with E-state index in [0.717, 1.165) is 12.0 Å². The Morgan fingerprint density at radius 3 is 2.59 bits per heavy atom. The number of Topliss-reactive ketones (excluding diaryl/α,β-unsaturated/α-hetero) is 2. The third-order valence-corrected chi connectivity index (χ3v) is 6.95. The van der Waals surface area contributed by atoms with Crippen molar-refractivity contribution in [2.45, 2.75) is 84.6 Å². The number of aliphatic hydroxyl groups is 1. The van der Waals surface area contributed by atoms with E-state index >= 15 is 0 Å². The molecule has 2 aromatic rings. The van der Waals surface area contributed by atoms with Crippen LogP contribution in [-0.4, -0.2) is 33.6 Å². The molecule has 0 fully saturated rings. The van der Waals surface area contributed by atoms with Crippen molar-refractivity contribution in [3.05, 3.63) is 64.2 Å². The molecule has 2 aliphatic rings. The predicted octanol–water partition coefficient (Wildman–Crippen LogP) is 5.96. The van der Waals surface area contributed by atoms with Crippen molar-refractivity contribution >= 4 is 17.3 Å². The number of ketones is 2. The lowest BCUT2D eigenvalue weighted by molar-refractivity contribution is -0.116. The maximum atomic E-state index is 13.2. The lowest BCUT2D eigenvalue weighted by Crippen LogP contribution is -2.27. The number of aliphatic hydroxyl groups excluding tert-OH is 1. The summed E-state index contributed by atoms with van der Waals surface area (Å²) in [4.78, 5) is 30.8. The Bertz CT molecular complexity index is 1140. The van der Waals surface area contributed by atoms with Crippen LogP contribution < -0.4 is 0 Å². The van der Waals surface area contributed by atoms with Crippen LogP contribution in [0.5, 0.6) is 0 Å². The Hall–Kier alpha value is -3.02. The van der Waals surface area contributed by atoms with Gasteiger partial charge in [0.1, 0.15) is 11.5 Å². The van der Waals surface area contributed by atoms with Gasteiger partial charge in [-0.2, -0.15) is 0 Å². The second kappa shape index (κ2) is 9.69. The molecule has 0 saturated carbocycles. The van der Waals surface area contributed by atoms with E-state index in [1.54, 1.807) is 0 Å². The molecule has 1 N–H and O–H groups in total. The van der Waals surface area contributed by atoms with Crippen LogP contribution in [0.25, 0.3) is 0 Å². The maximum Gasteiger partial charge on any atom is 0.168 e. The highest BCUT2D eigenvalue weighted by Gasteiger charge is 2.37. The molecule has 0 bridgehead atoms. The first kappa shape index (κ1) is 24.1. The molecule has 2 atom stereocenters. The Morgan fingerprint density at radius 2 is 1.91 bits per heavy atom. The second-order valence-corrected chi connectivity index (χ2v) is 10.5. The fourth-order valence-corrected chi connectivity index (χ4v) is 5.02. The summed E-state index contributed by atoms with van der Waals surface area (Å²) < 4.78 is 5.54. The number of benzene rings is 1. The molecule has 180 valence electrons. The average molecular weight is 463 g/mol. The van der Waals surface area contributed by atoms with Gasteiger partial charge in [0.05, 0.1) is 16.8 Å². The number of nitrogens with zero attached hydrogens (tertiary/aromatic N) is 2. The number of hydrogen-bond acceptors (Lipinski definition) is 6. The Kier molecular flexibility index (Phi) is 6.87. The van der Waals surface area contributed by atoms with Gasteiger partial charge in [-0.25, -0.2) is 0 Å². The molecule has 6 nitrogen and oxygen atoms in total. The smallest absolute Gasteiger partial charge is 0.168 e. The minimum absolute atomic E-state index is 0.0172. The third kappa shape index (κ3) is 5.06. The third-order valence-electron chi connectivity index (χ3n) is 6.95. The monoisotopic (exact) mass is 462 g/mol. The highest BCUT2D eigenvalue weighted by atomic mass is 16.5. The lowest BCUT2D eigenvalue weighted by atomic mass is 9.75. The predicted molar refractivity (Wildman–Crippen MR) is 132 cm³/mol. The van der Waals surface area contributed by atoms with Gasteiger partial charge in [0.2, 0.25) is 0 Å². The second-order valence-electron chi connectivity index (χ2n) is 10.5. The van der Waals surface area contributed by atoms with Gasteiger partial charge in [-0.15, -0.1) is 0 Å². The molecule has 1 aromatic heterocycles. The van der Waals surface area contributed by atoms with Gasteiger partial charge in [-0.05, 0) is 43.1 Å². The number of aliphatic imine (C=N–C) groups is 1. The normalized spacial score (nSPS) is 21.5. The summed E-state index contributed by atoms with van der Waals surface area (Å²) in [7, 11) is 0. The maximum absolute atomic E-state index is 13.2. The van der Waals surface area contributed by atoms with Crippen LogP contribution >= 0.6 is 0 Å². The van der Waals surface area contributed by atoms with E-state index in [1.165, 1.54) is 0 Å². The van der Waals surface area contributed by atoms with Gasteiger partial charge in [0, 0.05) is 37.4 Å². The van der Waals surface area contributed by atoms with Gasteiger partial charge in [-0.1, -0.05) is 56.3 Å². The van der Waals surface area contributed by atoms with Crippen molar-refractivity contribution in [1.29, 1.82) is 0 Å². The zero-order chi connectivity index (χ0) is 24.5. The SMILES string of the molecule is CCC(C)N=C(CCc1noc2c1C(=O)CC(C)(C)C2)C1=C(O)CC(c2ccccc2)CC1=O. The summed E-state index contributed by atoms with van der Waals surface area (Å²) in [5, 5.41) is 15.2. The van der Waals surface area contributed by atoms with Crippen LogP contribution in [-0.2, 0) is 17.6 Å². The molecule has 0 spiro atoms. The van der Waals surface area contributed by atoms with Gasteiger partial charge in [-0.3, -0.25) is 14.6 Å². The summed E-state index contributed by atoms with van der Waals surface area (Å²) in [6, 6.07) is 9.86. The van der Waals surface area contributed by atoms with Crippen LogP contribution in [0, 0.1) is 5.41 Å². The molecular weight excluding hydrogens is 428 g/mol. The van der Waals surface area contributed by atoms with E-state index < -0.39 is 0 Å². The lowest BCUT2D eigenvalue weighted by Gasteiger charge is -2.27. The van der Waals surface area contributed by atoms with Crippen molar-refractivity contribution in [2.24, 2.45) is 10.4 Å². The number of carbonyl (C=O) groups is 2.